The van der Waals surface area contributed by atoms with Crippen molar-refractivity contribution in [2.24, 2.45) is 0 Å². The van der Waals surface area contributed by atoms with Crippen molar-refractivity contribution in [3.63, 3.8) is 0 Å². The summed E-state index contributed by atoms with van der Waals surface area (Å²) in [4.78, 5) is 4.82. The second-order valence-corrected chi connectivity index (χ2v) is 4.58. The molecule has 0 unspecified atom stereocenters. The number of hydrogen-bond donors (Lipinski definition) is 1. The highest BCUT2D eigenvalue weighted by Gasteiger charge is 2.23. The van der Waals surface area contributed by atoms with E-state index in [1.54, 1.807) is 0 Å². The summed E-state index contributed by atoms with van der Waals surface area (Å²) in [7, 11) is 2.21. The molecule has 84 valence electrons. The van der Waals surface area contributed by atoms with Crippen LogP contribution in [0.1, 0.15) is 26.7 Å². The molecule has 1 saturated heterocycles. The van der Waals surface area contributed by atoms with Crippen molar-refractivity contribution in [2.75, 3.05) is 33.3 Å². The second kappa shape index (κ2) is 5.69. The molecule has 3 nitrogen and oxygen atoms in total. The van der Waals surface area contributed by atoms with Gasteiger partial charge in [0.25, 0.3) is 0 Å². The van der Waals surface area contributed by atoms with E-state index < -0.39 is 0 Å². The lowest BCUT2D eigenvalue weighted by atomic mass is 10.0. The summed E-state index contributed by atoms with van der Waals surface area (Å²) >= 11 is 0. The number of rotatable bonds is 4. The molecule has 0 radical (unpaired) electrons. The van der Waals surface area contributed by atoms with Crippen molar-refractivity contribution >= 4 is 0 Å². The lowest BCUT2D eigenvalue weighted by molar-refractivity contribution is 0.0844. The summed E-state index contributed by atoms with van der Waals surface area (Å²) in [6, 6.07) is 1.30. The maximum atomic E-state index is 8.90. The number of likely N-dealkylation sites (tertiary alicyclic amines) is 1. The number of nitrogens with zero attached hydrogens (tertiary/aromatic N) is 2. The topological polar surface area (TPSA) is 26.7 Å². The van der Waals surface area contributed by atoms with Crippen molar-refractivity contribution in [2.45, 2.75) is 38.8 Å². The van der Waals surface area contributed by atoms with E-state index in [-0.39, 0.29) is 6.61 Å². The van der Waals surface area contributed by atoms with Gasteiger partial charge in [0.05, 0.1) is 6.61 Å². The third-order valence-electron chi connectivity index (χ3n) is 3.29. The molecule has 0 spiro atoms. The van der Waals surface area contributed by atoms with Crippen LogP contribution in [0.2, 0.25) is 0 Å². The number of aliphatic hydroxyl groups is 1. The predicted molar refractivity (Wildman–Crippen MR) is 59.4 cm³/mol. The SMILES string of the molecule is CC(C)N(C)[C@H]1CCCN(CCO)C1. The van der Waals surface area contributed by atoms with Crippen LogP contribution in [-0.2, 0) is 0 Å². The molecule has 1 heterocycles. The molecular weight excluding hydrogens is 176 g/mol. The number of hydrogen-bond acceptors (Lipinski definition) is 3. The fourth-order valence-corrected chi connectivity index (χ4v) is 2.13. The molecule has 0 aliphatic carbocycles. The summed E-state index contributed by atoms with van der Waals surface area (Å²) in [6.07, 6.45) is 2.57. The Labute approximate surface area is 87.7 Å². The molecule has 3 heteroatoms. The summed E-state index contributed by atoms with van der Waals surface area (Å²) < 4.78 is 0. The molecular formula is C11H24N2O. The first-order valence-corrected chi connectivity index (χ1v) is 5.70. The fourth-order valence-electron chi connectivity index (χ4n) is 2.13. The first-order valence-electron chi connectivity index (χ1n) is 5.70. The van der Waals surface area contributed by atoms with Gasteiger partial charge < -0.3 is 5.11 Å². The lowest BCUT2D eigenvalue weighted by Crippen LogP contribution is -2.49. The molecule has 1 fully saturated rings. The van der Waals surface area contributed by atoms with Crippen LogP contribution in [0.15, 0.2) is 0 Å². The third-order valence-corrected chi connectivity index (χ3v) is 3.29. The summed E-state index contributed by atoms with van der Waals surface area (Å²) in [6.45, 7) is 7.88. The van der Waals surface area contributed by atoms with Crippen LogP contribution in [0, 0.1) is 0 Å². The van der Waals surface area contributed by atoms with E-state index in [9.17, 15) is 0 Å². The molecule has 0 aromatic rings. The Morgan fingerprint density at radius 3 is 2.79 bits per heavy atom. The van der Waals surface area contributed by atoms with Gasteiger partial charge in [0.15, 0.2) is 0 Å². The number of aliphatic hydroxyl groups excluding tert-OH is 1. The van der Waals surface area contributed by atoms with Crippen molar-refractivity contribution in [1.29, 1.82) is 0 Å². The molecule has 0 aromatic heterocycles. The van der Waals surface area contributed by atoms with Crippen LogP contribution in [0.3, 0.4) is 0 Å². The highest BCUT2D eigenvalue weighted by molar-refractivity contribution is 4.80. The minimum Gasteiger partial charge on any atom is -0.395 e. The van der Waals surface area contributed by atoms with Crippen molar-refractivity contribution in [3.05, 3.63) is 0 Å². The first kappa shape index (κ1) is 12.0. The molecule has 0 amide bonds. The van der Waals surface area contributed by atoms with E-state index in [0.29, 0.717) is 12.1 Å². The van der Waals surface area contributed by atoms with Crippen LogP contribution in [-0.4, -0.2) is 60.3 Å². The average Bonchev–Trinajstić information content (AvgIpc) is 2.17. The number of piperidine rings is 1. The van der Waals surface area contributed by atoms with E-state index in [4.69, 9.17) is 5.11 Å². The third kappa shape index (κ3) is 3.23. The monoisotopic (exact) mass is 200 g/mol. The number of likely N-dealkylation sites (N-methyl/N-ethyl adjacent to an activating group) is 1. The van der Waals surface area contributed by atoms with Crippen molar-refractivity contribution in [1.82, 2.24) is 9.80 Å². The molecule has 0 aromatic carbocycles. The van der Waals surface area contributed by atoms with E-state index in [2.05, 4.69) is 30.7 Å². The van der Waals surface area contributed by atoms with Crippen LogP contribution in [0.5, 0.6) is 0 Å². The zero-order valence-corrected chi connectivity index (χ0v) is 9.74. The van der Waals surface area contributed by atoms with E-state index in [1.165, 1.54) is 12.8 Å². The second-order valence-electron chi connectivity index (χ2n) is 4.58. The molecule has 1 aliphatic rings. The van der Waals surface area contributed by atoms with Crippen LogP contribution >= 0.6 is 0 Å². The molecule has 0 bridgehead atoms. The Hall–Kier alpha value is -0.120. The van der Waals surface area contributed by atoms with E-state index >= 15 is 0 Å². The highest BCUT2D eigenvalue weighted by atomic mass is 16.3. The Balaban J connectivity index is 2.39. The van der Waals surface area contributed by atoms with Gasteiger partial charge in [0.1, 0.15) is 0 Å². The van der Waals surface area contributed by atoms with E-state index in [1.807, 2.05) is 0 Å². The smallest absolute Gasteiger partial charge is 0.0558 e. The summed E-state index contributed by atoms with van der Waals surface area (Å²) in [5.74, 6) is 0. The van der Waals surface area contributed by atoms with E-state index in [0.717, 1.165) is 19.6 Å². The molecule has 1 N–H and O–H groups in total. The standard InChI is InChI=1S/C11H24N2O/c1-10(2)12(3)11-5-4-6-13(9-11)7-8-14/h10-11,14H,4-9H2,1-3H3/t11-/m0/s1. The Morgan fingerprint density at radius 1 is 1.50 bits per heavy atom. The van der Waals surface area contributed by atoms with Gasteiger partial charge in [-0.05, 0) is 40.3 Å². The lowest BCUT2D eigenvalue weighted by Gasteiger charge is -2.39. The quantitative estimate of drug-likeness (QED) is 0.726. The summed E-state index contributed by atoms with van der Waals surface area (Å²) in [5.41, 5.74) is 0. The van der Waals surface area contributed by atoms with Gasteiger partial charge in [-0.1, -0.05) is 0 Å². The van der Waals surface area contributed by atoms with Crippen LogP contribution in [0.25, 0.3) is 0 Å². The molecule has 1 atom stereocenters. The van der Waals surface area contributed by atoms with Gasteiger partial charge >= 0.3 is 0 Å². The van der Waals surface area contributed by atoms with Crippen LogP contribution in [0.4, 0.5) is 0 Å². The minimum absolute atomic E-state index is 0.290. The highest BCUT2D eigenvalue weighted by Crippen LogP contribution is 2.16. The normalized spacial score (nSPS) is 24.9. The van der Waals surface area contributed by atoms with Gasteiger partial charge in [-0.3, -0.25) is 9.80 Å². The molecule has 0 saturated carbocycles. The van der Waals surface area contributed by atoms with Crippen molar-refractivity contribution < 1.29 is 5.11 Å². The zero-order chi connectivity index (χ0) is 10.6. The number of β-amino-alcohol motifs (C(OH)–C–C–N with tert-alkyl or cyclic N) is 1. The van der Waals surface area contributed by atoms with Crippen molar-refractivity contribution in [3.8, 4) is 0 Å². The van der Waals surface area contributed by atoms with Gasteiger partial charge in [-0.15, -0.1) is 0 Å². The maximum absolute atomic E-state index is 8.90. The molecule has 14 heavy (non-hydrogen) atoms. The summed E-state index contributed by atoms with van der Waals surface area (Å²) in [5, 5.41) is 8.90. The zero-order valence-electron chi connectivity index (χ0n) is 9.74. The molecule has 1 aliphatic heterocycles. The van der Waals surface area contributed by atoms with Gasteiger partial charge in [-0.2, -0.15) is 0 Å². The Kier molecular flexibility index (Phi) is 4.85. The fraction of sp³-hybridized carbons (Fsp3) is 1.00. The first-order chi connectivity index (χ1) is 6.65. The largest absolute Gasteiger partial charge is 0.395 e. The predicted octanol–water partition coefficient (Wildman–Crippen LogP) is 0.783. The maximum Gasteiger partial charge on any atom is 0.0558 e. The Bertz CT molecular complexity index is 159. The average molecular weight is 200 g/mol. The van der Waals surface area contributed by atoms with Crippen LogP contribution < -0.4 is 0 Å². The van der Waals surface area contributed by atoms with Gasteiger partial charge in [-0.25, -0.2) is 0 Å². The Morgan fingerprint density at radius 2 is 2.21 bits per heavy atom. The molecule has 1 rings (SSSR count). The minimum atomic E-state index is 0.290. The van der Waals surface area contributed by atoms with Gasteiger partial charge in [0, 0.05) is 25.2 Å². The van der Waals surface area contributed by atoms with Gasteiger partial charge in [0.2, 0.25) is 0 Å².